The van der Waals surface area contributed by atoms with Crippen LogP contribution in [0.1, 0.15) is 11.7 Å². The van der Waals surface area contributed by atoms with Crippen molar-refractivity contribution in [1.29, 1.82) is 0 Å². The van der Waals surface area contributed by atoms with Gasteiger partial charge in [0.1, 0.15) is 0 Å². The van der Waals surface area contributed by atoms with Crippen molar-refractivity contribution in [2.24, 2.45) is 0 Å². The molecule has 1 aliphatic rings. The number of carbonyl (C=O) groups is 1. The Morgan fingerprint density at radius 1 is 1.69 bits per heavy atom. The molecule has 1 saturated heterocycles. The number of aromatic nitrogens is 2. The molecular formula is C7H10N4O2. The summed E-state index contributed by atoms with van der Waals surface area (Å²) in [5, 5.41) is 6.40. The van der Waals surface area contributed by atoms with Gasteiger partial charge in [0, 0.05) is 20.0 Å². The van der Waals surface area contributed by atoms with Crippen molar-refractivity contribution < 1.29 is 9.32 Å². The summed E-state index contributed by atoms with van der Waals surface area (Å²) >= 11 is 0. The lowest BCUT2D eigenvalue weighted by Gasteiger charge is -2.09. The molecule has 2 amide bonds. The van der Waals surface area contributed by atoms with Crippen LogP contribution < -0.4 is 5.32 Å². The van der Waals surface area contributed by atoms with Crippen LogP contribution in [0.3, 0.4) is 0 Å². The summed E-state index contributed by atoms with van der Waals surface area (Å²) < 4.78 is 4.79. The van der Waals surface area contributed by atoms with Crippen LogP contribution in [0.15, 0.2) is 4.52 Å². The Morgan fingerprint density at radius 2 is 2.54 bits per heavy atom. The second-order valence-electron chi connectivity index (χ2n) is 2.88. The van der Waals surface area contributed by atoms with Gasteiger partial charge in [-0.25, -0.2) is 4.79 Å². The SMILES string of the molecule is Cc1nc(CN2CCNC2=O)no1. The number of nitrogens with zero attached hydrogens (tertiary/aromatic N) is 3. The lowest BCUT2D eigenvalue weighted by atomic mass is 10.5. The molecule has 6 heteroatoms. The monoisotopic (exact) mass is 182 g/mol. The third kappa shape index (κ3) is 1.61. The first kappa shape index (κ1) is 8.03. The molecule has 1 fully saturated rings. The van der Waals surface area contributed by atoms with Crippen molar-refractivity contribution in [3.8, 4) is 0 Å². The van der Waals surface area contributed by atoms with Crippen LogP contribution in [0, 0.1) is 6.92 Å². The van der Waals surface area contributed by atoms with Crippen molar-refractivity contribution in [3.63, 3.8) is 0 Å². The Balaban J connectivity index is 2.01. The number of carbonyl (C=O) groups excluding carboxylic acids is 1. The molecule has 0 aliphatic carbocycles. The molecular weight excluding hydrogens is 172 g/mol. The van der Waals surface area contributed by atoms with E-state index in [0.29, 0.717) is 31.3 Å². The number of aryl methyl sites for hydroxylation is 1. The first-order chi connectivity index (χ1) is 6.25. The fourth-order valence-corrected chi connectivity index (χ4v) is 1.24. The number of amides is 2. The quantitative estimate of drug-likeness (QED) is 0.693. The molecule has 70 valence electrons. The minimum atomic E-state index is -0.0672. The first-order valence-corrected chi connectivity index (χ1v) is 4.07. The lowest BCUT2D eigenvalue weighted by molar-refractivity contribution is 0.213. The summed E-state index contributed by atoms with van der Waals surface area (Å²) in [5.41, 5.74) is 0. The zero-order valence-corrected chi connectivity index (χ0v) is 7.28. The molecule has 1 aromatic heterocycles. The Labute approximate surface area is 74.9 Å². The highest BCUT2D eigenvalue weighted by Gasteiger charge is 2.20. The van der Waals surface area contributed by atoms with Crippen molar-refractivity contribution in [2.75, 3.05) is 13.1 Å². The van der Waals surface area contributed by atoms with E-state index in [9.17, 15) is 4.79 Å². The standard InChI is InChI=1S/C7H10N4O2/c1-5-9-6(10-13-5)4-11-3-2-8-7(11)12/h2-4H2,1H3,(H,8,12). The average molecular weight is 182 g/mol. The van der Waals surface area contributed by atoms with E-state index in [4.69, 9.17) is 4.52 Å². The van der Waals surface area contributed by atoms with Crippen LogP contribution in [-0.2, 0) is 6.54 Å². The first-order valence-electron chi connectivity index (χ1n) is 4.07. The zero-order chi connectivity index (χ0) is 9.26. The van der Waals surface area contributed by atoms with Gasteiger partial charge in [-0.15, -0.1) is 0 Å². The number of rotatable bonds is 2. The second-order valence-corrected chi connectivity index (χ2v) is 2.88. The van der Waals surface area contributed by atoms with Gasteiger partial charge in [-0.2, -0.15) is 4.98 Å². The molecule has 0 atom stereocenters. The molecule has 2 heterocycles. The Bertz CT molecular complexity index is 322. The smallest absolute Gasteiger partial charge is 0.317 e. The van der Waals surface area contributed by atoms with Crippen LogP contribution >= 0.6 is 0 Å². The largest absolute Gasteiger partial charge is 0.340 e. The van der Waals surface area contributed by atoms with Gasteiger partial charge in [0.05, 0.1) is 6.54 Å². The predicted molar refractivity (Wildman–Crippen MR) is 42.8 cm³/mol. The molecule has 1 N–H and O–H groups in total. The van der Waals surface area contributed by atoms with Gasteiger partial charge < -0.3 is 14.7 Å². The van der Waals surface area contributed by atoms with Crippen molar-refractivity contribution in [2.45, 2.75) is 13.5 Å². The molecule has 1 aromatic rings. The third-order valence-corrected chi connectivity index (χ3v) is 1.85. The minimum Gasteiger partial charge on any atom is -0.340 e. The molecule has 0 spiro atoms. The molecule has 0 bridgehead atoms. The average Bonchev–Trinajstić information content (AvgIpc) is 2.64. The highest BCUT2D eigenvalue weighted by atomic mass is 16.5. The molecule has 13 heavy (non-hydrogen) atoms. The van der Waals surface area contributed by atoms with Gasteiger partial charge >= 0.3 is 6.03 Å². The third-order valence-electron chi connectivity index (χ3n) is 1.85. The van der Waals surface area contributed by atoms with Gasteiger partial charge in [-0.3, -0.25) is 0 Å². The van der Waals surface area contributed by atoms with E-state index in [2.05, 4.69) is 15.5 Å². The lowest BCUT2D eigenvalue weighted by Crippen LogP contribution is -2.27. The summed E-state index contributed by atoms with van der Waals surface area (Å²) in [6, 6.07) is -0.0672. The summed E-state index contributed by atoms with van der Waals surface area (Å²) in [7, 11) is 0. The molecule has 2 rings (SSSR count). The van der Waals surface area contributed by atoms with Crippen molar-refractivity contribution in [1.82, 2.24) is 20.4 Å². The highest BCUT2D eigenvalue weighted by molar-refractivity contribution is 5.75. The summed E-state index contributed by atoms with van der Waals surface area (Å²) in [5.74, 6) is 1.07. The van der Waals surface area contributed by atoms with Gasteiger partial charge in [-0.1, -0.05) is 5.16 Å². The topological polar surface area (TPSA) is 71.3 Å². The van der Waals surface area contributed by atoms with Gasteiger partial charge in [0.25, 0.3) is 0 Å². The molecule has 6 nitrogen and oxygen atoms in total. The Kier molecular flexibility index (Phi) is 1.88. The van der Waals surface area contributed by atoms with Crippen LogP contribution in [0.4, 0.5) is 4.79 Å². The number of hydrogen-bond acceptors (Lipinski definition) is 4. The zero-order valence-electron chi connectivity index (χ0n) is 7.28. The van der Waals surface area contributed by atoms with E-state index in [1.807, 2.05) is 0 Å². The van der Waals surface area contributed by atoms with Crippen LogP contribution in [0.2, 0.25) is 0 Å². The Morgan fingerprint density at radius 3 is 3.08 bits per heavy atom. The minimum absolute atomic E-state index is 0.0672. The van der Waals surface area contributed by atoms with Crippen molar-refractivity contribution >= 4 is 6.03 Å². The van der Waals surface area contributed by atoms with E-state index in [0.717, 1.165) is 0 Å². The van der Waals surface area contributed by atoms with Crippen LogP contribution in [-0.4, -0.2) is 34.2 Å². The summed E-state index contributed by atoms with van der Waals surface area (Å²) in [6.45, 7) is 3.53. The number of nitrogens with one attached hydrogen (secondary N) is 1. The highest BCUT2D eigenvalue weighted by Crippen LogP contribution is 2.03. The maximum absolute atomic E-state index is 11.1. The van der Waals surface area contributed by atoms with Gasteiger partial charge in [0.2, 0.25) is 5.89 Å². The maximum Gasteiger partial charge on any atom is 0.317 e. The summed E-state index contributed by atoms with van der Waals surface area (Å²) in [6.07, 6.45) is 0. The van der Waals surface area contributed by atoms with E-state index < -0.39 is 0 Å². The molecule has 0 unspecified atom stereocenters. The van der Waals surface area contributed by atoms with E-state index in [1.165, 1.54) is 0 Å². The Hall–Kier alpha value is -1.59. The van der Waals surface area contributed by atoms with Crippen molar-refractivity contribution in [3.05, 3.63) is 11.7 Å². The molecule has 0 aromatic carbocycles. The molecule has 0 radical (unpaired) electrons. The second kappa shape index (κ2) is 3.04. The van der Waals surface area contributed by atoms with Crippen LogP contribution in [0.25, 0.3) is 0 Å². The van der Waals surface area contributed by atoms with Gasteiger partial charge in [-0.05, 0) is 0 Å². The van der Waals surface area contributed by atoms with E-state index in [1.54, 1.807) is 11.8 Å². The van der Waals surface area contributed by atoms with Crippen LogP contribution in [0.5, 0.6) is 0 Å². The normalized spacial score (nSPS) is 16.4. The maximum atomic E-state index is 11.1. The predicted octanol–water partition coefficient (Wildman–Crippen LogP) is -0.0968. The fourth-order valence-electron chi connectivity index (χ4n) is 1.24. The van der Waals surface area contributed by atoms with Gasteiger partial charge in [0.15, 0.2) is 5.82 Å². The summed E-state index contributed by atoms with van der Waals surface area (Å²) in [4.78, 5) is 16.8. The van der Waals surface area contributed by atoms with E-state index >= 15 is 0 Å². The molecule has 1 aliphatic heterocycles. The number of urea groups is 1. The van der Waals surface area contributed by atoms with E-state index in [-0.39, 0.29) is 6.03 Å². The molecule has 0 saturated carbocycles. The fraction of sp³-hybridized carbons (Fsp3) is 0.571. The number of hydrogen-bond donors (Lipinski definition) is 1.